The summed E-state index contributed by atoms with van der Waals surface area (Å²) in [5, 5.41) is 2.54. The van der Waals surface area contributed by atoms with Gasteiger partial charge in [0.25, 0.3) is 0 Å². The summed E-state index contributed by atoms with van der Waals surface area (Å²) < 4.78 is 14.1. The van der Waals surface area contributed by atoms with E-state index in [9.17, 15) is 9.18 Å². The average Bonchev–Trinajstić information content (AvgIpc) is 2.29. The lowest BCUT2D eigenvalue weighted by Crippen LogP contribution is -2.16. The number of amides is 1. The lowest BCUT2D eigenvalue weighted by atomic mass is 10.1. The summed E-state index contributed by atoms with van der Waals surface area (Å²) in [6.45, 7) is 2.54. The van der Waals surface area contributed by atoms with Crippen LogP contribution in [0, 0.1) is 11.7 Å². The van der Waals surface area contributed by atoms with E-state index in [-0.39, 0.29) is 11.6 Å². The van der Waals surface area contributed by atoms with Gasteiger partial charge in [-0.1, -0.05) is 22.9 Å². The lowest BCUT2D eigenvalue weighted by Gasteiger charge is -2.09. The summed E-state index contributed by atoms with van der Waals surface area (Å²) in [6.07, 6.45) is 1.06. The van der Waals surface area contributed by atoms with E-state index in [2.05, 4.69) is 21.2 Å². The number of carbonyl (C=O) groups is 1. The fourth-order valence-corrected chi connectivity index (χ4v) is 1.63. The summed E-state index contributed by atoms with van der Waals surface area (Å²) in [4.78, 5) is 11.5. The number of rotatable bonds is 5. The van der Waals surface area contributed by atoms with Crippen LogP contribution < -0.4 is 11.1 Å². The average molecular weight is 303 g/mol. The molecular formula is C12H16BrFN2O. The number of nitrogens with one attached hydrogen (secondary N) is 1. The molecule has 0 bridgehead atoms. The zero-order valence-corrected chi connectivity index (χ0v) is 11.3. The third-order valence-electron chi connectivity index (χ3n) is 2.47. The molecule has 1 unspecified atom stereocenters. The van der Waals surface area contributed by atoms with Crippen molar-refractivity contribution < 1.29 is 9.18 Å². The molecule has 0 radical (unpaired) electrons. The molecule has 1 amide bonds. The summed E-state index contributed by atoms with van der Waals surface area (Å²) >= 11 is 3.16. The van der Waals surface area contributed by atoms with Crippen LogP contribution in [0.15, 0.2) is 22.7 Å². The minimum Gasteiger partial charge on any atom is -0.330 e. The molecule has 0 saturated carbocycles. The minimum atomic E-state index is -0.445. The van der Waals surface area contributed by atoms with Crippen LogP contribution in [0.2, 0.25) is 0 Å². The molecule has 3 nitrogen and oxygen atoms in total. The van der Waals surface area contributed by atoms with E-state index < -0.39 is 5.82 Å². The molecule has 0 fully saturated rings. The van der Waals surface area contributed by atoms with Gasteiger partial charge in [0.2, 0.25) is 5.91 Å². The molecule has 1 atom stereocenters. The maximum absolute atomic E-state index is 13.4. The highest BCUT2D eigenvalue weighted by Crippen LogP contribution is 2.19. The van der Waals surface area contributed by atoms with Gasteiger partial charge < -0.3 is 11.1 Å². The molecule has 3 N–H and O–H groups in total. The minimum absolute atomic E-state index is 0.188. The van der Waals surface area contributed by atoms with Crippen LogP contribution in [0.3, 0.4) is 0 Å². The largest absolute Gasteiger partial charge is 0.330 e. The molecule has 1 rings (SSSR count). The molecule has 1 aromatic rings. The normalized spacial score (nSPS) is 12.2. The summed E-state index contributed by atoms with van der Waals surface area (Å²) in [5.41, 5.74) is 5.66. The van der Waals surface area contributed by atoms with E-state index in [4.69, 9.17) is 5.73 Å². The van der Waals surface area contributed by atoms with Crippen LogP contribution in [-0.4, -0.2) is 12.5 Å². The third-order valence-corrected chi connectivity index (χ3v) is 2.97. The molecule has 0 aliphatic carbocycles. The fourth-order valence-electron chi connectivity index (χ4n) is 1.30. The Morgan fingerprint density at radius 2 is 2.29 bits per heavy atom. The number of carbonyl (C=O) groups excluding carboxylic acids is 1. The summed E-state index contributed by atoms with van der Waals surface area (Å²) in [5.74, 6) is -0.332. The third kappa shape index (κ3) is 4.83. The lowest BCUT2D eigenvalue weighted by molar-refractivity contribution is -0.116. The summed E-state index contributed by atoms with van der Waals surface area (Å²) in [7, 11) is 0. The van der Waals surface area contributed by atoms with E-state index >= 15 is 0 Å². The Morgan fingerprint density at radius 3 is 2.88 bits per heavy atom. The van der Waals surface area contributed by atoms with Crippen LogP contribution >= 0.6 is 15.9 Å². The van der Waals surface area contributed by atoms with Crippen molar-refractivity contribution in [3.05, 3.63) is 28.5 Å². The first-order valence-electron chi connectivity index (χ1n) is 5.48. The van der Waals surface area contributed by atoms with E-state index in [0.717, 1.165) is 0 Å². The van der Waals surface area contributed by atoms with Crippen LogP contribution in [0.1, 0.15) is 19.8 Å². The highest BCUT2D eigenvalue weighted by molar-refractivity contribution is 9.10. The first kappa shape index (κ1) is 14.1. The number of nitrogens with two attached hydrogens (primary N) is 1. The van der Waals surface area contributed by atoms with Crippen molar-refractivity contribution >= 4 is 27.5 Å². The number of hydrogen-bond acceptors (Lipinski definition) is 2. The van der Waals surface area contributed by atoms with Gasteiger partial charge in [-0.3, -0.25) is 4.79 Å². The zero-order valence-electron chi connectivity index (χ0n) is 9.67. The molecule has 0 aliphatic rings. The van der Waals surface area contributed by atoms with Gasteiger partial charge in [-0.15, -0.1) is 0 Å². The van der Waals surface area contributed by atoms with Gasteiger partial charge in [0, 0.05) is 10.9 Å². The van der Waals surface area contributed by atoms with Gasteiger partial charge in [0.05, 0.1) is 5.69 Å². The fraction of sp³-hybridized carbons (Fsp3) is 0.417. The van der Waals surface area contributed by atoms with Gasteiger partial charge in [-0.25, -0.2) is 4.39 Å². The molecule has 17 heavy (non-hydrogen) atoms. The maximum Gasteiger partial charge on any atom is 0.224 e. The maximum atomic E-state index is 13.4. The van der Waals surface area contributed by atoms with E-state index in [0.29, 0.717) is 29.8 Å². The van der Waals surface area contributed by atoms with Crippen molar-refractivity contribution in [3.8, 4) is 0 Å². The molecule has 0 saturated heterocycles. The Hall–Kier alpha value is -0.940. The molecular weight excluding hydrogens is 287 g/mol. The smallest absolute Gasteiger partial charge is 0.224 e. The highest BCUT2D eigenvalue weighted by Gasteiger charge is 2.08. The van der Waals surface area contributed by atoms with Crippen molar-refractivity contribution in [1.82, 2.24) is 0 Å². The zero-order chi connectivity index (χ0) is 12.8. The highest BCUT2D eigenvalue weighted by atomic mass is 79.9. The van der Waals surface area contributed by atoms with Gasteiger partial charge in [0.15, 0.2) is 0 Å². The predicted octanol–water partition coefficient (Wildman–Crippen LogP) is 2.90. The Kier molecular flexibility index (Phi) is 5.58. The topological polar surface area (TPSA) is 55.1 Å². The SMILES string of the molecule is CC(CN)CCC(=O)Nc1ccc(Br)cc1F. The van der Waals surface area contributed by atoms with Crippen molar-refractivity contribution in [2.24, 2.45) is 11.7 Å². The Labute approximate surface area is 109 Å². The Morgan fingerprint density at radius 1 is 1.59 bits per heavy atom. The number of anilines is 1. The number of benzene rings is 1. The van der Waals surface area contributed by atoms with Crippen molar-refractivity contribution in [1.29, 1.82) is 0 Å². The molecule has 0 aromatic heterocycles. The second-order valence-electron chi connectivity index (χ2n) is 4.05. The van der Waals surface area contributed by atoms with E-state index in [1.54, 1.807) is 6.07 Å². The quantitative estimate of drug-likeness (QED) is 0.879. The van der Waals surface area contributed by atoms with Gasteiger partial charge in [-0.2, -0.15) is 0 Å². The first-order valence-corrected chi connectivity index (χ1v) is 6.27. The Balaban J connectivity index is 2.50. The van der Waals surface area contributed by atoms with Crippen LogP contribution in [0.25, 0.3) is 0 Å². The second kappa shape index (κ2) is 6.71. The van der Waals surface area contributed by atoms with Crippen LogP contribution in [0.4, 0.5) is 10.1 Å². The van der Waals surface area contributed by atoms with Gasteiger partial charge in [-0.05, 0) is 37.1 Å². The molecule has 0 aliphatic heterocycles. The molecule has 94 valence electrons. The van der Waals surface area contributed by atoms with Crippen molar-refractivity contribution in [2.75, 3.05) is 11.9 Å². The molecule has 1 aromatic carbocycles. The molecule has 0 heterocycles. The monoisotopic (exact) mass is 302 g/mol. The van der Waals surface area contributed by atoms with Crippen molar-refractivity contribution in [2.45, 2.75) is 19.8 Å². The van der Waals surface area contributed by atoms with E-state index in [1.165, 1.54) is 12.1 Å². The van der Waals surface area contributed by atoms with E-state index in [1.807, 2.05) is 6.92 Å². The van der Waals surface area contributed by atoms with Gasteiger partial charge in [0.1, 0.15) is 5.82 Å². The molecule has 0 spiro atoms. The number of hydrogen-bond donors (Lipinski definition) is 2. The van der Waals surface area contributed by atoms with Crippen molar-refractivity contribution in [3.63, 3.8) is 0 Å². The van der Waals surface area contributed by atoms with Gasteiger partial charge >= 0.3 is 0 Å². The van der Waals surface area contributed by atoms with Crippen LogP contribution in [0.5, 0.6) is 0 Å². The second-order valence-corrected chi connectivity index (χ2v) is 4.97. The standard InChI is InChI=1S/C12H16BrFN2O/c1-8(7-15)2-5-12(17)16-11-4-3-9(13)6-10(11)14/h3-4,6,8H,2,5,7,15H2,1H3,(H,16,17). The number of halogens is 2. The predicted molar refractivity (Wildman–Crippen MR) is 70.2 cm³/mol. The Bertz CT molecular complexity index is 398. The molecule has 5 heteroatoms. The summed E-state index contributed by atoms with van der Waals surface area (Å²) in [6, 6.07) is 4.53. The van der Waals surface area contributed by atoms with Crippen LogP contribution in [-0.2, 0) is 4.79 Å². The first-order chi connectivity index (χ1) is 8.02.